The smallest absolute Gasteiger partial charge is 0.313 e. The van der Waals surface area contributed by atoms with E-state index in [4.69, 9.17) is 5.11 Å². The van der Waals surface area contributed by atoms with Gasteiger partial charge in [0.2, 0.25) is 5.95 Å². The summed E-state index contributed by atoms with van der Waals surface area (Å²) in [6.45, 7) is 3.52. The predicted octanol–water partition coefficient (Wildman–Crippen LogP) is 3.47. The Bertz CT molecular complexity index is 852. The Morgan fingerprint density at radius 3 is 2.35 bits per heavy atom. The molecular weight excluding hydrogens is 348 g/mol. The Morgan fingerprint density at radius 1 is 1.08 bits per heavy atom. The second-order valence-electron chi connectivity index (χ2n) is 5.64. The van der Waals surface area contributed by atoms with Gasteiger partial charge < -0.3 is 10.0 Å². The molecule has 2 aromatic carbocycles. The zero-order chi connectivity index (χ0) is 18.4. The van der Waals surface area contributed by atoms with Crippen molar-refractivity contribution in [2.45, 2.75) is 18.6 Å². The maximum Gasteiger partial charge on any atom is 0.313 e. The lowest BCUT2D eigenvalue weighted by Crippen LogP contribution is -2.25. The number of hydrogen-bond acceptors (Lipinski definition) is 5. The van der Waals surface area contributed by atoms with Gasteiger partial charge in [-0.2, -0.15) is 0 Å². The van der Waals surface area contributed by atoms with E-state index in [0.29, 0.717) is 17.6 Å². The van der Waals surface area contributed by atoms with Crippen molar-refractivity contribution in [3.63, 3.8) is 0 Å². The molecular formula is C19H20N4O2S. The third kappa shape index (κ3) is 4.23. The van der Waals surface area contributed by atoms with Gasteiger partial charge in [0.1, 0.15) is 0 Å². The Hall–Kier alpha value is -2.80. The van der Waals surface area contributed by atoms with Crippen LogP contribution in [0, 0.1) is 0 Å². The first kappa shape index (κ1) is 18.0. The van der Waals surface area contributed by atoms with Gasteiger partial charge in [-0.25, -0.2) is 0 Å². The lowest BCUT2D eigenvalue weighted by atomic mass is 10.2. The quantitative estimate of drug-likeness (QED) is 0.614. The van der Waals surface area contributed by atoms with Crippen LogP contribution in [0.3, 0.4) is 0 Å². The van der Waals surface area contributed by atoms with Gasteiger partial charge in [-0.05, 0) is 24.6 Å². The summed E-state index contributed by atoms with van der Waals surface area (Å²) in [5.74, 6) is -0.235. The number of hydrogen-bond donors (Lipinski definition) is 1. The van der Waals surface area contributed by atoms with E-state index in [2.05, 4.69) is 34.2 Å². The molecule has 0 saturated heterocycles. The number of benzene rings is 2. The highest BCUT2D eigenvalue weighted by Crippen LogP contribution is 2.27. The van der Waals surface area contributed by atoms with Gasteiger partial charge in [0.15, 0.2) is 5.16 Å². The number of nitrogens with zero attached hydrogens (tertiary/aromatic N) is 4. The summed E-state index contributed by atoms with van der Waals surface area (Å²) in [6.07, 6.45) is 0. The van der Waals surface area contributed by atoms with Gasteiger partial charge in [0, 0.05) is 13.1 Å². The van der Waals surface area contributed by atoms with E-state index < -0.39 is 5.97 Å². The number of rotatable bonds is 8. The molecule has 3 rings (SSSR count). The van der Waals surface area contributed by atoms with Crippen LogP contribution < -0.4 is 4.90 Å². The zero-order valence-electron chi connectivity index (χ0n) is 14.4. The fourth-order valence-electron chi connectivity index (χ4n) is 2.62. The van der Waals surface area contributed by atoms with Gasteiger partial charge in [-0.1, -0.05) is 60.3 Å². The monoisotopic (exact) mass is 368 g/mol. The maximum atomic E-state index is 11.0. The van der Waals surface area contributed by atoms with Crippen LogP contribution >= 0.6 is 11.8 Å². The number of anilines is 1. The molecule has 0 amide bonds. The molecule has 3 aromatic rings. The summed E-state index contributed by atoms with van der Waals surface area (Å²) in [7, 11) is 0. The van der Waals surface area contributed by atoms with Gasteiger partial charge >= 0.3 is 5.97 Å². The van der Waals surface area contributed by atoms with E-state index in [9.17, 15) is 4.79 Å². The van der Waals surface area contributed by atoms with Crippen LogP contribution in [0.2, 0.25) is 0 Å². The van der Waals surface area contributed by atoms with Crippen molar-refractivity contribution in [3.05, 3.63) is 66.2 Å². The maximum absolute atomic E-state index is 11.0. The van der Waals surface area contributed by atoms with Crippen molar-refractivity contribution in [1.29, 1.82) is 0 Å². The molecule has 0 spiro atoms. The molecule has 26 heavy (non-hydrogen) atoms. The molecule has 134 valence electrons. The normalized spacial score (nSPS) is 10.7. The SMILES string of the molecule is CCN(Cc1ccccc1)c1nnc(SCC(=O)O)n1-c1ccccc1. The van der Waals surface area contributed by atoms with E-state index in [0.717, 1.165) is 12.2 Å². The van der Waals surface area contributed by atoms with Crippen molar-refractivity contribution >= 4 is 23.7 Å². The molecule has 0 atom stereocenters. The van der Waals surface area contributed by atoms with Gasteiger partial charge in [-0.3, -0.25) is 9.36 Å². The fourth-order valence-corrected chi connectivity index (χ4v) is 3.28. The lowest BCUT2D eigenvalue weighted by molar-refractivity contribution is -0.133. The second kappa shape index (κ2) is 8.53. The highest BCUT2D eigenvalue weighted by atomic mass is 32.2. The van der Waals surface area contributed by atoms with Crippen LogP contribution in [0.1, 0.15) is 12.5 Å². The topological polar surface area (TPSA) is 71.2 Å². The molecule has 1 aromatic heterocycles. The van der Waals surface area contributed by atoms with Crippen molar-refractivity contribution in [2.24, 2.45) is 0 Å². The molecule has 0 bridgehead atoms. The molecule has 0 radical (unpaired) electrons. The standard InChI is InChI=1S/C19H20N4O2S/c1-2-22(13-15-9-5-3-6-10-15)18-20-21-19(26-14-17(24)25)23(18)16-11-7-4-8-12-16/h3-12H,2,13-14H2,1H3,(H,24,25). The summed E-state index contributed by atoms with van der Waals surface area (Å²) in [5.41, 5.74) is 2.09. The highest BCUT2D eigenvalue weighted by Gasteiger charge is 2.20. The average molecular weight is 368 g/mol. The molecule has 0 fully saturated rings. The minimum atomic E-state index is -0.879. The molecule has 1 heterocycles. The number of thioether (sulfide) groups is 1. The van der Waals surface area contributed by atoms with Crippen LogP contribution in [-0.4, -0.2) is 38.1 Å². The number of aromatic nitrogens is 3. The van der Waals surface area contributed by atoms with Crippen LogP contribution in [0.5, 0.6) is 0 Å². The minimum Gasteiger partial charge on any atom is -0.481 e. The van der Waals surface area contributed by atoms with Gasteiger partial charge in [-0.15, -0.1) is 10.2 Å². The molecule has 0 saturated carbocycles. The fraction of sp³-hybridized carbons (Fsp3) is 0.211. The summed E-state index contributed by atoms with van der Waals surface area (Å²) < 4.78 is 1.92. The van der Waals surface area contributed by atoms with Gasteiger partial charge in [0.25, 0.3) is 0 Å². The van der Waals surface area contributed by atoms with Crippen LogP contribution in [-0.2, 0) is 11.3 Å². The van der Waals surface area contributed by atoms with Crippen molar-refractivity contribution in [2.75, 3.05) is 17.2 Å². The molecule has 0 aliphatic heterocycles. The lowest BCUT2D eigenvalue weighted by Gasteiger charge is -2.23. The average Bonchev–Trinajstić information content (AvgIpc) is 3.09. The summed E-state index contributed by atoms with van der Waals surface area (Å²) in [6, 6.07) is 19.9. The zero-order valence-corrected chi connectivity index (χ0v) is 15.3. The van der Waals surface area contributed by atoms with E-state index in [1.165, 1.54) is 17.3 Å². The van der Waals surface area contributed by atoms with Crippen molar-refractivity contribution in [1.82, 2.24) is 14.8 Å². The van der Waals surface area contributed by atoms with Crippen molar-refractivity contribution < 1.29 is 9.90 Å². The number of carboxylic acid groups (broad SMARTS) is 1. The van der Waals surface area contributed by atoms with Crippen LogP contribution in [0.4, 0.5) is 5.95 Å². The van der Waals surface area contributed by atoms with Crippen LogP contribution in [0.25, 0.3) is 5.69 Å². The number of carbonyl (C=O) groups is 1. The first-order valence-corrected chi connectivity index (χ1v) is 9.32. The Balaban J connectivity index is 1.98. The first-order valence-electron chi connectivity index (χ1n) is 8.33. The van der Waals surface area contributed by atoms with Crippen LogP contribution in [0.15, 0.2) is 65.8 Å². The number of aliphatic carboxylic acids is 1. The van der Waals surface area contributed by atoms with Gasteiger partial charge in [0.05, 0.1) is 11.4 Å². The Labute approximate surface area is 156 Å². The number of para-hydroxylation sites is 1. The first-order chi connectivity index (χ1) is 12.7. The molecule has 1 N–H and O–H groups in total. The third-order valence-electron chi connectivity index (χ3n) is 3.84. The van der Waals surface area contributed by atoms with E-state index >= 15 is 0 Å². The molecule has 0 aliphatic rings. The second-order valence-corrected chi connectivity index (χ2v) is 6.58. The number of carboxylic acids is 1. The molecule has 0 unspecified atom stereocenters. The molecule has 6 nitrogen and oxygen atoms in total. The molecule has 7 heteroatoms. The Kier molecular flexibility index (Phi) is 5.91. The van der Waals surface area contributed by atoms with E-state index in [-0.39, 0.29) is 5.75 Å². The summed E-state index contributed by atoms with van der Waals surface area (Å²) >= 11 is 1.17. The Morgan fingerprint density at radius 2 is 1.73 bits per heavy atom. The van der Waals surface area contributed by atoms with Crippen molar-refractivity contribution in [3.8, 4) is 5.69 Å². The summed E-state index contributed by atoms with van der Waals surface area (Å²) in [5, 5.41) is 18.2. The van der Waals surface area contributed by atoms with E-state index in [1.54, 1.807) is 0 Å². The highest BCUT2D eigenvalue weighted by molar-refractivity contribution is 7.99. The predicted molar refractivity (Wildman–Crippen MR) is 103 cm³/mol. The molecule has 0 aliphatic carbocycles. The van der Waals surface area contributed by atoms with E-state index in [1.807, 2.05) is 53.1 Å². The third-order valence-corrected chi connectivity index (χ3v) is 4.75. The summed E-state index contributed by atoms with van der Waals surface area (Å²) in [4.78, 5) is 13.1. The minimum absolute atomic E-state index is 0.0597. The largest absolute Gasteiger partial charge is 0.481 e.